The van der Waals surface area contributed by atoms with Crippen molar-refractivity contribution in [2.24, 2.45) is 0 Å². The second-order valence-electron chi connectivity index (χ2n) is 6.44. The summed E-state index contributed by atoms with van der Waals surface area (Å²) < 4.78 is 0. The van der Waals surface area contributed by atoms with Gasteiger partial charge in [-0.15, -0.1) is 23.5 Å². The molecule has 4 rings (SSSR count). The number of hydrogen-bond donors (Lipinski definition) is 2. The van der Waals surface area contributed by atoms with Crippen LogP contribution in [-0.4, -0.2) is 51.1 Å². The number of rotatable bonds is 4. The largest absolute Gasteiger partial charge is 0.347 e. The molecule has 1 saturated heterocycles. The summed E-state index contributed by atoms with van der Waals surface area (Å²) in [4.78, 5) is 27.8. The molecule has 0 unspecified atom stereocenters. The van der Waals surface area contributed by atoms with Crippen LogP contribution in [0, 0.1) is 0 Å². The molecule has 2 aliphatic rings. The van der Waals surface area contributed by atoms with Gasteiger partial charge in [0.2, 0.25) is 0 Å². The molecule has 0 saturated carbocycles. The third-order valence-corrected chi connectivity index (χ3v) is 6.95. The summed E-state index contributed by atoms with van der Waals surface area (Å²) in [7, 11) is 0. The zero-order valence-corrected chi connectivity index (χ0v) is 16.1. The Morgan fingerprint density at radius 3 is 3.08 bits per heavy atom. The maximum Gasteiger partial charge on any atom is 0.258 e. The SMILES string of the molecule is CCc1cc(C(=O)N2CC[C@H](NC(=O)C3=CSCS3)C2)cc2cn[nH]c12. The molecule has 2 N–H and O–H groups in total. The number of aromatic nitrogens is 2. The van der Waals surface area contributed by atoms with Crippen LogP contribution in [0.15, 0.2) is 28.6 Å². The van der Waals surface area contributed by atoms with E-state index in [1.54, 1.807) is 29.7 Å². The van der Waals surface area contributed by atoms with Gasteiger partial charge in [0.05, 0.1) is 16.6 Å². The number of carbonyl (C=O) groups is 2. The molecule has 0 radical (unpaired) electrons. The van der Waals surface area contributed by atoms with Gasteiger partial charge in [0.1, 0.15) is 0 Å². The lowest BCUT2D eigenvalue weighted by Gasteiger charge is -2.18. The molecule has 0 spiro atoms. The Morgan fingerprint density at radius 1 is 1.42 bits per heavy atom. The summed E-state index contributed by atoms with van der Waals surface area (Å²) in [5.74, 6) is -0.00283. The van der Waals surface area contributed by atoms with Crippen molar-refractivity contribution in [2.45, 2.75) is 25.8 Å². The van der Waals surface area contributed by atoms with E-state index in [1.165, 1.54) is 0 Å². The zero-order valence-electron chi connectivity index (χ0n) is 14.4. The van der Waals surface area contributed by atoms with Gasteiger partial charge in [0.25, 0.3) is 11.8 Å². The molecule has 1 aromatic carbocycles. The van der Waals surface area contributed by atoms with Crippen LogP contribution in [-0.2, 0) is 11.2 Å². The molecule has 3 heterocycles. The molecule has 1 fully saturated rings. The van der Waals surface area contributed by atoms with Crippen molar-refractivity contribution >= 4 is 46.2 Å². The van der Waals surface area contributed by atoms with Gasteiger partial charge in [0.15, 0.2) is 0 Å². The predicted octanol–water partition coefficient (Wildman–Crippen LogP) is 2.73. The molecule has 0 bridgehead atoms. The van der Waals surface area contributed by atoms with Crippen LogP contribution in [0.4, 0.5) is 0 Å². The highest BCUT2D eigenvalue weighted by molar-refractivity contribution is 8.22. The molecule has 1 atom stereocenters. The zero-order chi connectivity index (χ0) is 18.1. The number of likely N-dealkylation sites (tertiary alicyclic amines) is 1. The molecule has 8 heteroatoms. The maximum absolute atomic E-state index is 12.9. The monoisotopic (exact) mass is 388 g/mol. The second kappa shape index (κ2) is 7.36. The van der Waals surface area contributed by atoms with E-state index >= 15 is 0 Å². The average Bonchev–Trinajstić information content (AvgIpc) is 3.40. The lowest BCUT2D eigenvalue weighted by atomic mass is 10.0. The number of fused-ring (bicyclic) bond motifs is 1. The highest BCUT2D eigenvalue weighted by Gasteiger charge is 2.29. The number of nitrogens with zero attached hydrogens (tertiary/aromatic N) is 2. The van der Waals surface area contributed by atoms with Crippen molar-refractivity contribution in [1.82, 2.24) is 20.4 Å². The average molecular weight is 389 g/mol. The minimum atomic E-state index is -0.0209. The van der Waals surface area contributed by atoms with E-state index in [0.717, 1.165) is 39.3 Å². The lowest BCUT2D eigenvalue weighted by molar-refractivity contribution is -0.117. The predicted molar refractivity (Wildman–Crippen MR) is 106 cm³/mol. The fourth-order valence-electron chi connectivity index (χ4n) is 3.40. The van der Waals surface area contributed by atoms with E-state index in [0.29, 0.717) is 18.7 Å². The highest BCUT2D eigenvalue weighted by atomic mass is 32.2. The minimum absolute atomic E-state index is 0.0156. The second-order valence-corrected chi connectivity index (χ2v) is 8.68. The minimum Gasteiger partial charge on any atom is -0.347 e. The van der Waals surface area contributed by atoms with Crippen molar-refractivity contribution in [3.05, 3.63) is 39.8 Å². The van der Waals surface area contributed by atoms with E-state index in [-0.39, 0.29) is 17.9 Å². The Hall–Kier alpha value is -1.93. The molecule has 1 aromatic heterocycles. The van der Waals surface area contributed by atoms with E-state index in [1.807, 2.05) is 22.4 Å². The van der Waals surface area contributed by atoms with Gasteiger partial charge in [-0.1, -0.05) is 6.92 Å². The van der Waals surface area contributed by atoms with Gasteiger partial charge < -0.3 is 10.2 Å². The topological polar surface area (TPSA) is 78.1 Å². The fourth-order valence-corrected chi connectivity index (χ4v) is 5.37. The van der Waals surface area contributed by atoms with Gasteiger partial charge in [-0.3, -0.25) is 14.7 Å². The number of aromatic amines is 1. The molecule has 6 nitrogen and oxygen atoms in total. The summed E-state index contributed by atoms with van der Waals surface area (Å²) in [5.41, 5.74) is 2.78. The maximum atomic E-state index is 12.9. The number of H-pyrrole nitrogens is 1. The first kappa shape index (κ1) is 17.5. The summed E-state index contributed by atoms with van der Waals surface area (Å²) >= 11 is 3.21. The number of nitrogens with one attached hydrogen (secondary N) is 2. The van der Waals surface area contributed by atoms with Crippen molar-refractivity contribution in [2.75, 3.05) is 18.2 Å². The van der Waals surface area contributed by atoms with Crippen molar-refractivity contribution in [3.63, 3.8) is 0 Å². The first-order chi connectivity index (χ1) is 12.7. The number of thioether (sulfide) groups is 2. The van der Waals surface area contributed by atoms with Crippen LogP contribution in [0.1, 0.15) is 29.3 Å². The van der Waals surface area contributed by atoms with Gasteiger partial charge in [-0.2, -0.15) is 5.10 Å². The Kier molecular flexibility index (Phi) is 4.95. The van der Waals surface area contributed by atoms with Crippen molar-refractivity contribution in [3.8, 4) is 0 Å². The van der Waals surface area contributed by atoms with Crippen LogP contribution < -0.4 is 5.32 Å². The van der Waals surface area contributed by atoms with Crippen LogP contribution in [0.2, 0.25) is 0 Å². The highest BCUT2D eigenvalue weighted by Crippen LogP contribution is 2.32. The number of aryl methyl sites for hydroxylation is 1. The van der Waals surface area contributed by atoms with Crippen LogP contribution in [0.5, 0.6) is 0 Å². The Labute approximate surface area is 160 Å². The van der Waals surface area contributed by atoms with Crippen LogP contribution >= 0.6 is 23.5 Å². The first-order valence-electron chi connectivity index (χ1n) is 8.66. The normalized spacial score (nSPS) is 19.8. The number of hydrogen-bond acceptors (Lipinski definition) is 5. The molecule has 2 aliphatic heterocycles. The molecule has 136 valence electrons. The van der Waals surface area contributed by atoms with Gasteiger partial charge >= 0.3 is 0 Å². The number of amides is 2. The molecule has 2 aromatic rings. The number of carbonyl (C=O) groups excluding carboxylic acids is 2. The van der Waals surface area contributed by atoms with Crippen molar-refractivity contribution < 1.29 is 9.59 Å². The van der Waals surface area contributed by atoms with E-state index in [2.05, 4.69) is 22.4 Å². The molecule has 2 amide bonds. The molecule has 0 aliphatic carbocycles. The summed E-state index contributed by atoms with van der Waals surface area (Å²) in [6.45, 7) is 3.29. The third-order valence-electron chi connectivity index (χ3n) is 4.77. The van der Waals surface area contributed by atoms with Gasteiger partial charge in [-0.05, 0) is 35.9 Å². The lowest BCUT2D eigenvalue weighted by Crippen LogP contribution is -2.38. The van der Waals surface area contributed by atoms with Gasteiger partial charge in [-0.25, -0.2) is 0 Å². The quantitative estimate of drug-likeness (QED) is 0.842. The van der Waals surface area contributed by atoms with Crippen LogP contribution in [0.3, 0.4) is 0 Å². The Balaban J connectivity index is 1.45. The van der Waals surface area contributed by atoms with Gasteiger partial charge in [0, 0.05) is 35.2 Å². The molecule has 26 heavy (non-hydrogen) atoms. The van der Waals surface area contributed by atoms with Crippen LogP contribution in [0.25, 0.3) is 10.9 Å². The first-order valence-corrected chi connectivity index (χ1v) is 10.7. The van der Waals surface area contributed by atoms with Crippen molar-refractivity contribution in [1.29, 1.82) is 0 Å². The smallest absolute Gasteiger partial charge is 0.258 e. The molecular formula is C18H20N4O2S2. The fraction of sp³-hybridized carbons (Fsp3) is 0.389. The van der Waals surface area contributed by atoms with E-state index in [4.69, 9.17) is 0 Å². The van der Waals surface area contributed by atoms with E-state index in [9.17, 15) is 9.59 Å². The summed E-state index contributed by atoms with van der Waals surface area (Å²) in [6.07, 6.45) is 3.38. The standard InChI is InChI=1S/C18H20N4O2S2/c1-2-11-5-12(6-13-7-19-21-16(11)13)18(24)22-4-3-14(8-22)20-17(23)15-9-25-10-26-15/h5-7,9,14H,2-4,8,10H2,1H3,(H,19,21)(H,20,23)/t14-/m0/s1. The summed E-state index contributed by atoms with van der Waals surface area (Å²) in [6, 6.07) is 3.86. The Bertz CT molecular complexity index is 892. The number of benzene rings is 1. The third kappa shape index (κ3) is 3.35. The molecular weight excluding hydrogens is 368 g/mol. The van der Waals surface area contributed by atoms with E-state index < -0.39 is 0 Å². The summed E-state index contributed by atoms with van der Waals surface area (Å²) in [5, 5.41) is 13.9. The Morgan fingerprint density at radius 2 is 2.31 bits per heavy atom.